The summed E-state index contributed by atoms with van der Waals surface area (Å²) in [7, 11) is -4.10. The number of nitrogens with zero attached hydrogens (tertiary/aromatic N) is 2. The highest BCUT2D eigenvalue weighted by molar-refractivity contribution is 9.10. The molecule has 0 aliphatic carbocycles. The standard InChI is InChI=1S/C30H36BrN3O4S/c1-21-15-16-22(2)27(17-21)34(39(37,38)26-13-8-7-9-14-26)20-28(35)33(19-24-11-10-12-25(31)18-24)23(3)29(36)32-30(4,5)6/h7-18,23H,19-20H2,1-6H3,(H,32,36). The average Bonchev–Trinajstić information content (AvgIpc) is 2.86. The Bertz CT molecular complexity index is 1440. The summed E-state index contributed by atoms with van der Waals surface area (Å²) in [5.74, 6) is -0.818. The van der Waals surface area contributed by atoms with Gasteiger partial charge in [0.05, 0.1) is 10.6 Å². The zero-order valence-electron chi connectivity index (χ0n) is 23.2. The van der Waals surface area contributed by atoms with E-state index < -0.39 is 34.1 Å². The molecule has 0 spiro atoms. The Morgan fingerprint density at radius 3 is 2.23 bits per heavy atom. The summed E-state index contributed by atoms with van der Waals surface area (Å²) in [5, 5.41) is 2.94. The van der Waals surface area contributed by atoms with Crippen molar-refractivity contribution in [2.75, 3.05) is 10.8 Å². The molecule has 0 aromatic heterocycles. The molecule has 39 heavy (non-hydrogen) atoms. The van der Waals surface area contributed by atoms with Crippen LogP contribution in [0.5, 0.6) is 0 Å². The maximum atomic E-state index is 14.0. The van der Waals surface area contributed by atoms with Gasteiger partial charge in [-0.2, -0.15) is 0 Å². The number of nitrogens with one attached hydrogen (secondary N) is 1. The van der Waals surface area contributed by atoms with Crippen LogP contribution in [0.4, 0.5) is 5.69 Å². The highest BCUT2D eigenvalue weighted by atomic mass is 79.9. The Morgan fingerprint density at radius 2 is 1.62 bits per heavy atom. The van der Waals surface area contributed by atoms with Crippen molar-refractivity contribution in [3.63, 3.8) is 0 Å². The minimum absolute atomic E-state index is 0.0794. The van der Waals surface area contributed by atoms with E-state index in [9.17, 15) is 18.0 Å². The van der Waals surface area contributed by atoms with Gasteiger partial charge in [0.1, 0.15) is 12.6 Å². The lowest BCUT2D eigenvalue weighted by Crippen LogP contribution is -2.54. The number of amides is 2. The molecule has 0 saturated carbocycles. The number of carbonyl (C=O) groups excluding carboxylic acids is 2. The lowest BCUT2D eigenvalue weighted by Gasteiger charge is -2.34. The molecule has 9 heteroatoms. The highest BCUT2D eigenvalue weighted by Gasteiger charge is 2.33. The normalized spacial score (nSPS) is 12.5. The third-order valence-corrected chi connectivity index (χ3v) is 8.42. The third-order valence-electron chi connectivity index (χ3n) is 6.15. The number of halogens is 1. The van der Waals surface area contributed by atoms with Crippen molar-refractivity contribution < 1.29 is 18.0 Å². The van der Waals surface area contributed by atoms with Crippen LogP contribution in [-0.2, 0) is 26.2 Å². The van der Waals surface area contributed by atoms with Crippen molar-refractivity contribution in [3.05, 3.63) is 94.0 Å². The molecular formula is C30H36BrN3O4S. The van der Waals surface area contributed by atoms with E-state index in [0.717, 1.165) is 19.9 Å². The van der Waals surface area contributed by atoms with Gasteiger partial charge < -0.3 is 10.2 Å². The molecule has 0 heterocycles. The van der Waals surface area contributed by atoms with Crippen LogP contribution in [0.25, 0.3) is 0 Å². The Balaban J connectivity index is 2.07. The van der Waals surface area contributed by atoms with Gasteiger partial charge in [0, 0.05) is 16.6 Å². The molecule has 0 aliphatic rings. The Morgan fingerprint density at radius 1 is 0.949 bits per heavy atom. The number of aryl methyl sites for hydroxylation is 2. The van der Waals surface area contributed by atoms with E-state index in [1.54, 1.807) is 31.2 Å². The number of rotatable bonds is 9. The predicted molar refractivity (Wildman–Crippen MR) is 159 cm³/mol. The van der Waals surface area contributed by atoms with Crippen molar-refractivity contribution in [1.29, 1.82) is 0 Å². The molecule has 3 aromatic carbocycles. The number of anilines is 1. The zero-order valence-corrected chi connectivity index (χ0v) is 25.6. The summed E-state index contributed by atoms with van der Waals surface area (Å²) >= 11 is 3.46. The maximum Gasteiger partial charge on any atom is 0.264 e. The van der Waals surface area contributed by atoms with Gasteiger partial charge in [-0.25, -0.2) is 8.42 Å². The SMILES string of the molecule is Cc1ccc(C)c(N(CC(=O)N(Cc2cccc(Br)c2)C(C)C(=O)NC(C)(C)C)S(=O)(=O)c2ccccc2)c1. The van der Waals surface area contributed by atoms with Gasteiger partial charge in [-0.3, -0.25) is 13.9 Å². The van der Waals surface area contributed by atoms with Crippen LogP contribution in [0.1, 0.15) is 44.4 Å². The van der Waals surface area contributed by atoms with Crippen LogP contribution >= 0.6 is 15.9 Å². The van der Waals surface area contributed by atoms with Crippen molar-refractivity contribution in [2.45, 2.75) is 64.6 Å². The quantitative estimate of drug-likeness (QED) is 0.341. The first-order chi connectivity index (χ1) is 18.2. The molecule has 0 radical (unpaired) electrons. The van der Waals surface area contributed by atoms with E-state index in [0.29, 0.717) is 11.3 Å². The van der Waals surface area contributed by atoms with Gasteiger partial charge in [0.2, 0.25) is 11.8 Å². The zero-order chi connectivity index (χ0) is 29.0. The largest absolute Gasteiger partial charge is 0.350 e. The first-order valence-electron chi connectivity index (χ1n) is 12.7. The number of benzene rings is 3. The second kappa shape index (κ2) is 12.3. The lowest BCUT2D eigenvalue weighted by atomic mass is 10.1. The summed E-state index contributed by atoms with van der Waals surface area (Å²) in [6, 6.07) is 20.2. The minimum atomic E-state index is -4.10. The molecule has 1 N–H and O–H groups in total. The molecule has 0 bridgehead atoms. The molecule has 3 rings (SSSR count). The lowest BCUT2D eigenvalue weighted by molar-refractivity contribution is -0.140. The van der Waals surface area contributed by atoms with Crippen LogP contribution in [0.15, 0.2) is 82.2 Å². The van der Waals surface area contributed by atoms with Crippen LogP contribution in [-0.4, -0.2) is 43.3 Å². The first-order valence-corrected chi connectivity index (χ1v) is 14.9. The molecule has 0 fully saturated rings. The summed E-state index contributed by atoms with van der Waals surface area (Å²) in [6.07, 6.45) is 0. The van der Waals surface area contributed by atoms with Gasteiger partial charge in [0.25, 0.3) is 10.0 Å². The molecule has 0 saturated heterocycles. The molecular weight excluding hydrogens is 578 g/mol. The molecule has 1 atom stereocenters. The highest BCUT2D eigenvalue weighted by Crippen LogP contribution is 2.28. The van der Waals surface area contributed by atoms with Crippen molar-refractivity contribution >= 4 is 43.5 Å². The number of hydrogen-bond donors (Lipinski definition) is 1. The van der Waals surface area contributed by atoms with Crippen molar-refractivity contribution in [2.24, 2.45) is 0 Å². The predicted octanol–water partition coefficient (Wildman–Crippen LogP) is 5.59. The number of carbonyl (C=O) groups is 2. The number of sulfonamides is 1. The fourth-order valence-corrected chi connectivity index (χ4v) is 6.05. The van der Waals surface area contributed by atoms with Gasteiger partial charge >= 0.3 is 0 Å². The molecule has 7 nitrogen and oxygen atoms in total. The fourth-order valence-electron chi connectivity index (χ4n) is 4.11. The smallest absolute Gasteiger partial charge is 0.264 e. The monoisotopic (exact) mass is 613 g/mol. The Hall–Kier alpha value is -3.17. The summed E-state index contributed by atoms with van der Waals surface area (Å²) in [6.45, 7) is 10.6. The molecule has 2 amide bonds. The fraction of sp³-hybridized carbons (Fsp3) is 0.333. The second-order valence-corrected chi connectivity index (χ2v) is 13.5. The van der Waals surface area contributed by atoms with E-state index in [1.165, 1.54) is 17.0 Å². The Kier molecular flexibility index (Phi) is 9.61. The topological polar surface area (TPSA) is 86.8 Å². The van der Waals surface area contributed by atoms with Gasteiger partial charge in [-0.1, -0.05) is 58.4 Å². The van der Waals surface area contributed by atoms with E-state index in [2.05, 4.69) is 21.2 Å². The summed E-state index contributed by atoms with van der Waals surface area (Å²) in [4.78, 5) is 28.7. The van der Waals surface area contributed by atoms with Crippen molar-refractivity contribution in [3.8, 4) is 0 Å². The summed E-state index contributed by atoms with van der Waals surface area (Å²) in [5.41, 5.74) is 2.29. The van der Waals surface area contributed by atoms with Gasteiger partial charge in [-0.15, -0.1) is 0 Å². The van der Waals surface area contributed by atoms with Gasteiger partial charge in [0.15, 0.2) is 0 Å². The van der Waals surface area contributed by atoms with Crippen LogP contribution in [0.2, 0.25) is 0 Å². The molecule has 3 aromatic rings. The van der Waals surface area contributed by atoms with Crippen LogP contribution in [0.3, 0.4) is 0 Å². The van der Waals surface area contributed by atoms with Crippen LogP contribution in [0, 0.1) is 13.8 Å². The van der Waals surface area contributed by atoms with E-state index >= 15 is 0 Å². The van der Waals surface area contributed by atoms with E-state index in [-0.39, 0.29) is 17.3 Å². The third kappa shape index (κ3) is 7.92. The van der Waals surface area contributed by atoms with Gasteiger partial charge in [-0.05, 0) is 88.6 Å². The molecule has 1 unspecified atom stereocenters. The average molecular weight is 615 g/mol. The van der Waals surface area contributed by atoms with E-state index in [1.807, 2.05) is 71.0 Å². The maximum absolute atomic E-state index is 14.0. The van der Waals surface area contributed by atoms with Crippen LogP contribution < -0.4 is 9.62 Å². The molecule has 0 aliphatic heterocycles. The summed E-state index contributed by atoms with van der Waals surface area (Å²) < 4.78 is 29.8. The van der Waals surface area contributed by atoms with E-state index in [4.69, 9.17) is 0 Å². The number of hydrogen-bond acceptors (Lipinski definition) is 4. The minimum Gasteiger partial charge on any atom is -0.350 e. The molecule has 208 valence electrons. The van der Waals surface area contributed by atoms with Crippen molar-refractivity contribution in [1.82, 2.24) is 10.2 Å². The Labute approximate surface area is 240 Å². The second-order valence-electron chi connectivity index (χ2n) is 10.7. The first kappa shape index (κ1) is 30.4.